The Bertz CT molecular complexity index is 2340. The highest BCUT2D eigenvalue weighted by molar-refractivity contribution is 5.88. The molecule has 7 N–H and O–H groups in total. The first-order valence-electron chi connectivity index (χ1n) is 21.3. The molecule has 1 aliphatic rings. The number of hydrogen-bond donors (Lipinski definition) is 6. The predicted molar refractivity (Wildman–Crippen MR) is 238 cm³/mol. The summed E-state index contributed by atoms with van der Waals surface area (Å²) in [5.74, 6) is -0.00673. The van der Waals surface area contributed by atoms with Gasteiger partial charge in [-0.1, -0.05) is 62.4 Å². The summed E-state index contributed by atoms with van der Waals surface area (Å²) in [6.45, 7) is 10.4. The number of esters is 1. The van der Waals surface area contributed by atoms with Gasteiger partial charge in [-0.15, -0.1) is 0 Å². The number of aliphatic hydroxyl groups is 2. The summed E-state index contributed by atoms with van der Waals surface area (Å²) >= 11 is 0. The molecule has 0 spiro atoms. The first kappa shape index (κ1) is 46.6. The molecule has 63 heavy (non-hydrogen) atoms. The third-order valence-electron chi connectivity index (χ3n) is 11.5. The molecule has 0 radical (unpaired) electrons. The number of fused-ring (bicyclic) bond motifs is 1. The van der Waals surface area contributed by atoms with Gasteiger partial charge in [0.2, 0.25) is 11.8 Å². The van der Waals surface area contributed by atoms with Crippen LogP contribution in [0.1, 0.15) is 80.5 Å². The predicted octanol–water partition coefficient (Wildman–Crippen LogP) is 4.37. The molecule has 6 atom stereocenters. The van der Waals surface area contributed by atoms with E-state index in [1.54, 1.807) is 17.7 Å². The van der Waals surface area contributed by atoms with Gasteiger partial charge < -0.3 is 46.1 Å². The van der Waals surface area contributed by atoms with Crippen LogP contribution in [0.2, 0.25) is 0 Å². The second kappa shape index (κ2) is 21.0. The van der Waals surface area contributed by atoms with E-state index in [1.165, 1.54) is 19.6 Å². The Morgan fingerprint density at radius 1 is 0.968 bits per heavy atom. The van der Waals surface area contributed by atoms with Crippen LogP contribution in [0, 0.1) is 19.8 Å². The standard InChI is InChI=1S/C47H60N8O8/c1-28-20-29(2)39(36(21-28)62-30(3)56)47(4,5)23-38(57)54-35(45(60)50-19-18-31-12-15-34(61-6)16-13-31)17-14-33(25-49-24-32-10-8-7-9-11-32)22-37-41(58)42(59)46(63-37)55-27-53-40-43(48)51-26-52-44(40)55/h7-13,15-16,20-21,26-27,33,35,37,41-42,46,49,58-59H,14,17-19,22-25H2,1-6H3,(H,50,60)(H,54,57)(H2,48,51,52)/t33-,35-,37+,41-,42-,46+/m0/s1. The van der Waals surface area contributed by atoms with Crippen LogP contribution in [0.4, 0.5) is 5.82 Å². The number of aromatic nitrogens is 4. The Labute approximate surface area is 368 Å². The number of benzene rings is 3. The zero-order valence-corrected chi connectivity index (χ0v) is 36.8. The molecule has 16 nitrogen and oxygen atoms in total. The lowest BCUT2D eigenvalue weighted by Crippen LogP contribution is -2.48. The van der Waals surface area contributed by atoms with Gasteiger partial charge in [-0.2, -0.15) is 0 Å². The number of rotatable bonds is 20. The zero-order valence-electron chi connectivity index (χ0n) is 36.8. The molecular weight excluding hydrogens is 805 g/mol. The van der Waals surface area contributed by atoms with Crippen LogP contribution in [0.3, 0.4) is 0 Å². The van der Waals surface area contributed by atoms with Crippen molar-refractivity contribution in [1.82, 2.24) is 35.5 Å². The van der Waals surface area contributed by atoms with Gasteiger partial charge in [0.15, 0.2) is 17.7 Å². The molecule has 2 amide bonds. The zero-order chi connectivity index (χ0) is 45.3. The fourth-order valence-corrected chi connectivity index (χ4v) is 8.54. The number of carbonyl (C=O) groups is 3. The van der Waals surface area contributed by atoms with Crippen LogP contribution in [-0.4, -0.2) is 92.1 Å². The molecule has 0 bridgehead atoms. The molecule has 5 aromatic rings. The third kappa shape index (κ3) is 12.0. The molecule has 2 aromatic heterocycles. The van der Waals surface area contributed by atoms with E-state index in [2.05, 4.69) is 30.9 Å². The molecule has 0 unspecified atom stereocenters. The highest BCUT2D eigenvalue weighted by atomic mass is 16.6. The Morgan fingerprint density at radius 3 is 2.43 bits per heavy atom. The van der Waals surface area contributed by atoms with Crippen molar-refractivity contribution in [3.8, 4) is 11.5 Å². The van der Waals surface area contributed by atoms with Crippen molar-refractivity contribution in [3.05, 3.63) is 107 Å². The summed E-state index contributed by atoms with van der Waals surface area (Å²) in [4.78, 5) is 52.8. The summed E-state index contributed by atoms with van der Waals surface area (Å²) < 4.78 is 18.8. The number of amides is 2. The third-order valence-corrected chi connectivity index (χ3v) is 11.5. The molecule has 0 saturated carbocycles. The number of nitrogens with one attached hydrogen (secondary N) is 3. The Morgan fingerprint density at radius 2 is 1.71 bits per heavy atom. The molecule has 1 aliphatic heterocycles. The summed E-state index contributed by atoms with van der Waals surface area (Å²) in [7, 11) is 1.61. The van der Waals surface area contributed by atoms with E-state index < -0.39 is 42.0 Å². The number of imidazole rings is 1. The lowest BCUT2D eigenvalue weighted by Gasteiger charge is -2.30. The number of aliphatic hydroxyl groups excluding tert-OH is 2. The SMILES string of the molecule is COc1ccc(CCNC(=O)[C@H](CC[C@H](CNCc2ccccc2)C[C@H]2O[C@@H](n3cnc4c(N)ncnc43)[C@@H](O)[C@H]2O)NC(=O)CC(C)(C)c2c(C)cc(C)cc2OC(C)=O)cc1. The van der Waals surface area contributed by atoms with Crippen LogP contribution in [0.15, 0.2) is 79.4 Å². The van der Waals surface area contributed by atoms with Gasteiger partial charge in [0.1, 0.15) is 41.6 Å². The smallest absolute Gasteiger partial charge is 0.308 e. The normalized spacial score (nSPS) is 18.5. The monoisotopic (exact) mass is 864 g/mol. The average Bonchev–Trinajstić information content (AvgIpc) is 3.79. The number of carbonyl (C=O) groups excluding carboxylic acids is 3. The minimum Gasteiger partial charge on any atom is -0.497 e. The second-order valence-electron chi connectivity index (χ2n) is 17.0. The molecule has 16 heteroatoms. The van der Waals surface area contributed by atoms with E-state index >= 15 is 0 Å². The molecule has 336 valence electrons. The highest BCUT2D eigenvalue weighted by Gasteiger charge is 2.45. The molecule has 3 heterocycles. The number of nitrogens with zero attached hydrogens (tertiary/aromatic N) is 4. The fraction of sp³-hybridized carbons (Fsp3) is 0.447. The van der Waals surface area contributed by atoms with Crippen molar-refractivity contribution in [2.45, 2.75) is 109 Å². The number of ether oxygens (including phenoxy) is 3. The van der Waals surface area contributed by atoms with E-state index in [1.807, 2.05) is 88.4 Å². The largest absolute Gasteiger partial charge is 0.497 e. The van der Waals surface area contributed by atoms with Gasteiger partial charge >= 0.3 is 5.97 Å². The van der Waals surface area contributed by atoms with Gasteiger partial charge in [0, 0.05) is 37.4 Å². The summed E-state index contributed by atoms with van der Waals surface area (Å²) in [6.07, 6.45) is 0.0175. The van der Waals surface area contributed by atoms with Crippen molar-refractivity contribution >= 4 is 34.8 Å². The minimum absolute atomic E-state index is 0.00371. The number of methoxy groups -OCH3 is 1. The molecular formula is C47H60N8O8. The maximum atomic E-state index is 14.1. The maximum Gasteiger partial charge on any atom is 0.308 e. The van der Waals surface area contributed by atoms with Gasteiger partial charge in [0.25, 0.3) is 0 Å². The van der Waals surface area contributed by atoms with E-state index in [0.717, 1.165) is 33.6 Å². The van der Waals surface area contributed by atoms with Crippen molar-refractivity contribution in [2.75, 3.05) is 25.9 Å². The summed E-state index contributed by atoms with van der Waals surface area (Å²) in [6, 6.07) is 20.4. The van der Waals surface area contributed by atoms with Crippen molar-refractivity contribution in [3.63, 3.8) is 0 Å². The fourth-order valence-electron chi connectivity index (χ4n) is 8.54. The lowest BCUT2D eigenvalue weighted by atomic mass is 9.78. The van der Waals surface area contributed by atoms with Crippen LogP contribution in [-0.2, 0) is 37.5 Å². The lowest BCUT2D eigenvalue weighted by molar-refractivity contribution is -0.132. The van der Waals surface area contributed by atoms with Crippen molar-refractivity contribution in [1.29, 1.82) is 0 Å². The van der Waals surface area contributed by atoms with E-state index in [4.69, 9.17) is 19.9 Å². The second-order valence-corrected chi connectivity index (χ2v) is 17.0. The Hall–Kier alpha value is -5.94. The Kier molecular flexibility index (Phi) is 15.5. The quantitative estimate of drug-likeness (QED) is 0.0473. The summed E-state index contributed by atoms with van der Waals surface area (Å²) in [5.41, 5.74) is 10.6. The molecule has 1 saturated heterocycles. The van der Waals surface area contributed by atoms with E-state index in [0.29, 0.717) is 55.8 Å². The minimum atomic E-state index is -1.30. The average molecular weight is 865 g/mol. The van der Waals surface area contributed by atoms with Crippen LogP contribution >= 0.6 is 0 Å². The summed E-state index contributed by atoms with van der Waals surface area (Å²) in [5, 5.41) is 32.2. The number of hydrogen-bond acceptors (Lipinski definition) is 13. The van der Waals surface area contributed by atoms with Crippen molar-refractivity contribution in [2.24, 2.45) is 5.92 Å². The van der Waals surface area contributed by atoms with Gasteiger partial charge in [-0.3, -0.25) is 19.0 Å². The van der Waals surface area contributed by atoms with Crippen LogP contribution in [0.25, 0.3) is 11.2 Å². The molecule has 0 aliphatic carbocycles. The van der Waals surface area contributed by atoms with Crippen molar-refractivity contribution < 1.29 is 38.8 Å². The first-order valence-corrected chi connectivity index (χ1v) is 21.3. The number of aryl methyl sites for hydroxylation is 2. The number of nitrogens with two attached hydrogens (primary N) is 1. The maximum absolute atomic E-state index is 14.1. The number of anilines is 1. The first-order chi connectivity index (χ1) is 30.1. The van der Waals surface area contributed by atoms with E-state index in [-0.39, 0.29) is 36.4 Å². The molecule has 1 fully saturated rings. The van der Waals surface area contributed by atoms with Gasteiger partial charge in [0.05, 0.1) is 19.5 Å². The van der Waals surface area contributed by atoms with Gasteiger partial charge in [-0.25, -0.2) is 15.0 Å². The van der Waals surface area contributed by atoms with Crippen LogP contribution < -0.4 is 31.2 Å². The molecule has 3 aromatic carbocycles. The van der Waals surface area contributed by atoms with E-state index in [9.17, 15) is 24.6 Å². The highest BCUT2D eigenvalue weighted by Crippen LogP contribution is 2.39. The number of nitrogen functional groups attached to an aromatic ring is 1. The Balaban J connectivity index is 1.20. The topological polar surface area (TPSA) is 225 Å². The molecule has 6 rings (SSSR count). The van der Waals surface area contributed by atoms with Gasteiger partial charge in [-0.05, 0) is 92.4 Å². The van der Waals surface area contributed by atoms with Crippen LogP contribution in [0.5, 0.6) is 11.5 Å².